The monoisotopic (exact) mass is 329 g/mol. The number of rotatable bonds is 3. The summed E-state index contributed by atoms with van der Waals surface area (Å²) in [5.41, 5.74) is 0.189. The summed E-state index contributed by atoms with van der Waals surface area (Å²) in [6.45, 7) is 2.12. The van der Waals surface area contributed by atoms with E-state index in [1.54, 1.807) is 6.92 Å². The number of imide groups is 2. The highest BCUT2D eigenvalue weighted by atomic mass is 16.2. The van der Waals surface area contributed by atoms with Gasteiger partial charge in [0.15, 0.2) is 0 Å². The van der Waals surface area contributed by atoms with Gasteiger partial charge in [-0.2, -0.15) is 0 Å². The third kappa shape index (κ3) is 2.36. The quantitative estimate of drug-likeness (QED) is 0.748. The summed E-state index contributed by atoms with van der Waals surface area (Å²) in [7, 11) is 0. The van der Waals surface area contributed by atoms with Crippen LogP contribution in [0.5, 0.6) is 0 Å². The molecule has 2 N–H and O–H groups in total. The molecule has 1 aromatic carbocycles. The maximum atomic E-state index is 12.7. The second-order valence-corrected chi connectivity index (χ2v) is 5.53. The maximum Gasteiger partial charge on any atom is 0.263 e. The lowest BCUT2D eigenvalue weighted by Crippen LogP contribution is -2.54. The first-order valence-corrected chi connectivity index (χ1v) is 7.58. The van der Waals surface area contributed by atoms with Crippen molar-refractivity contribution in [2.24, 2.45) is 0 Å². The SMILES string of the molecule is CCNC(=O)c1cccc2c1C(=O)N(C1CCC(=O)NC1=O)C2=O. The van der Waals surface area contributed by atoms with E-state index in [2.05, 4.69) is 10.6 Å². The minimum Gasteiger partial charge on any atom is -0.352 e. The van der Waals surface area contributed by atoms with Gasteiger partial charge in [-0.1, -0.05) is 6.07 Å². The average Bonchev–Trinajstić information content (AvgIpc) is 2.80. The van der Waals surface area contributed by atoms with Crippen LogP contribution >= 0.6 is 0 Å². The molecule has 124 valence electrons. The van der Waals surface area contributed by atoms with Crippen molar-refractivity contribution in [2.75, 3.05) is 6.54 Å². The molecule has 2 heterocycles. The van der Waals surface area contributed by atoms with Gasteiger partial charge >= 0.3 is 0 Å². The molecule has 1 fully saturated rings. The van der Waals surface area contributed by atoms with E-state index in [0.29, 0.717) is 6.54 Å². The topological polar surface area (TPSA) is 113 Å². The fraction of sp³-hybridized carbons (Fsp3) is 0.312. The first-order valence-electron chi connectivity index (χ1n) is 7.58. The largest absolute Gasteiger partial charge is 0.352 e. The predicted molar refractivity (Wildman–Crippen MR) is 81.1 cm³/mol. The van der Waals surface area contributed by atoms with Crippen LogP contribution in [0.4, 0.5) is 0 Å². The number of nitrogens with one attached hydrogen (secondary N) is 2. The molecule has 0 aromatic heterocycles. The van der Waals surface area contributed by atoms with Gasteiger partial charge in [-0.3, -0.25) is 34.2 Å². The molecule has 0 aliphatic carbocycles. The van der Waals surface area contributed by atoms with Gasteiger partial charge in [0.25, 0.3) is 17.7 Å². The molecule has 2 aliphatic rings. The van der Waals surface area contributed by atoms with Crippen LogP contribution in [-0.2, 0) is 9.59 Å². The van der Waals surface area contributed by atoms with Crippen molar-refractivity contribution in [1.82, 2.24) is 15.5 Å². The van der Waals surface area contributed by atoms with Crippen molar-refractivity contribution < 1.29 is 24.0 Å². The number of nitrogens with zero attached hydrogens (tertiary/aromatic N) is 1. The summed E-state index contributed by atoms with van der Waals surface area (Å²) in [6, 6.07) is 3.38. The Bertz CT molecular complexity index is 786. The predicted octanol–water partition coefficient (Wildman–Crippen LogP) is -0.162. The number of carbonyl (C=O) groups excluding carboxylic acids is 5. The van der Waals surface area contributed by atoms with Gasteiger partial charge in [0, 0.05) is 13.0 Å². The van der Waals surface area contributed by atoms with E-state index in [1.165, 1.54) is 18.2 Å². The Morgan fingerprint density at radius 2 is 2.00 bits per heavy atom. The van der Waals surface area contributed by atoms with Gasteiger partial charge < -0.3 is 5.32 Å². The first-order chi connectivity index (χ1) is 11.5. The molecule has 0 bridgehead atoms. The normalized spacial score (nSPS) is 20.0. The lowest BCUT2D eigenvalue weighted by Gasteiger charge is -2.27. The molecule has 1 aromatic rings. The molecular weight excluding hydrogens is 314 g/mol. The Morgan fingerprint density at radius 3 is 2.67 bits per heavy atom. The highest BCUT2D eigenvalue weighted by molar-refractivity contribution is 6.26. The van der Waals surface area contributed by atoms with Crippen molar-refractivity contribution in [3.8, 4) is 0 Å². The molecule has 24 heavy (non-hydrogen) atoms. The first kappa shape index (κ1) is 15.9. The number of benzene rings is 1. The third-order valence-corrected chi connectivity index (χ3v) is 4.05. The van der Waals surface area contributed by atoms with E-state index in [0.717, 1.165) is 4.90 Å². The second kappa shape index (κ2) is 5.88. The number of carbonyl (C=O) groups is 5. The number of amides is 5. The van der Waals surface area contributed by atoms with E-state index >= 15 is 0 Å². The van der Waals surface area contributed by atoms with E-state index in [1.807, 2.05) is 0 Å². The van der Waals surface area contributed by atoms with Crippen LogP contribution in [0.1, 0.15) is 50.8 Å². The minimum atomic E-state index is -1.04. The zero-order chi connectivity index (χ0) is 17.4. The van der Waals surface area contributed by atoms with Crippen LogP contribution in [0, 0.1) is 0 Å². The third-order valence-electron chi connectivity index (χ3n) is 4.05. The highest BCUT2D eigenvalue weighted by Crippen LogP contribution is 2.29. The van der Waals surface area contributed by atoms with Crippen LogP contribution in [0.2, 0.25) is 0 Å². The van der Waals surface area contributed by atoms with Gasteiger partial charge in [-0.25, -0.2) is 0 Å². The highest BCUT2D eigenvalue weighted by Gasteiger charge is 2.46. The Kier molecular flexibility index (Phi) is 3.88. The summed E-state index contributed by atoms with van der Waals surface area (Å²) >= 11 is 0. The molecule has 2 aliphatic heterocycles. The van der Waals surface area contributed by atoms with Crippen molar-refractivity contribution in [3.05, 3.63) is 34.9 Å². The van der Waals surface area contributed by atoms with Crippen LogP contribution < -0.4 is 10.6 Å². The lowest BCUT2D eigenvalue weighted by molar-refractivity contribution is -0.136. The smallest absolute Gasteiger partial charge is 0.263 e. The summed E-state index contributed by atoms with van der Waals surface area (Å²) in [5.74, 6) is -2.89. The van der Waals surface area contributed by atoms with Crippen molar-refractivity contribution in [1.29, 1.82) is 0 Å². The lowest BCUT2D eigenvalue weighted by atomic mass is 10.0. The van der Waals surface area contributed by atoms with Crippen LogP contribution in [0.15, 0.2) is 18.2 Å². The molecule has 0 saturated carbocycles. The molecule has 1 unspecified atom stereocenters. The van der Waals surface area contributed by atoms with Crippen molar-refractivity contribution in [3.63, 3.8) is 0 Å². The number of piperidine rings is 1. The molecule has 1 saturated heterocycles. The average molecular weight is 329 g/mol. The number of hydrogen-bond donors (Lipinski definition) is 2. The molecular formula is C16H15N3O5. The number of hydrogen-bond acceptors (Lipinski definition) is 5. The van der Waals surface area contributed by atoms with Crippen molar-refractivity contribution in [2.45, 2.75) is 25.8 Å². The summed E-state index contributed by atoms with van der Waals surface area (Å²) in [5, 5.41) is 4.72. The Labute approximate surface area is 137 Å². The second-order valence-electron chi connectivity index (χ2n) is 5.53. The molecule has 0 spiro atoms. The van der Waals surface area contributed by atoms with Crippen molar-refractivity contribution >= 4 is 29.5 Å². The summed E-state index contributed by atoms with van der Waals surface area (Å²) < 4.78 is 0. The van der Waals surface area contributed by atoms with Gasteiger partial charge in [-0.15, -0.1) is 0 Å². The van der Waals surface area contributed by atoms with Gasteiger partial charge in [0.05, 0.1) is 16.7 Å². The van der Waals surface area contributed by atoms with Gasteiger partial charge in [0.1, 0.15) is 6.04 Å². The zero-order valence-corrected chi connectivity index (χ0v) is 12.9. The molecule has 8 nitrogen and oxygen atoms in total. The van der Waals surface area contributed by atoms with E-state index in [-0.39, 0.29) is 29.5 Å². The summed E-state index contributed by atoms with van der Waals surface area (Å²) in [4.78, 5) is 61.5. The Balaban J connectivity index is 2.00. The van der Waals surface area contributed by atoms with E-state index in [4.69, 9.17) is 0 Å². The standard InChI is InChI=1S/C16H15N3O5/c1-2-17-13(21)8-4-3-5-9-12(8)16(24)19(15(9)23)10-6-7-11(20)18-14(10)22/h3-5,10H,2,6-7H2,1H3,(H,17,21)(H,18,20,22). The Hall–Kier alpha value is -3.03. The molecule has 5 amide bonds. The summed E-state index contributed by atoms with van der Waals surface area (Å²) in [6.07, 6.45) is 0.125. The maximum absolute atomic E-state index is 12.7. The van der Waals surface area contributed by atoms with E-state index < -0.39 is 35.6 Å². The minimum absolute atomic E-state index is 0.00171. The van der Waals surface area contributed by atoms with Crippen LogP contribution in [0.3, 0.4) is 0 Å². The molecule has 8 heteroatoms. The van der Waals surface area contributed by atoms with Gasteiger partial charge in [0.2, 0.25) is 11.8 Å². The van der Waals surface area contributed by atoms with Crippen LogP contribution in [-0.4, -0.2) is 47.0 Å². The van der Waals surface area contributed by atoms with E-state index in [9.17, 15) is 24.0 Å². The number of fused-ring (bicyclic) bond motifs is 1. The molecule has 0 radical (unpaired) electrons. The molecule has 3 rings (SSSR count). The fourth-order valence-corrected chi connectivity index (χ4v) is 2.96. The molecule has 1 atom stereocenters. The Morgan fingerprint density at radius 1 is 1.25 bits per heavy atom. The van der Waals surface area contributed by atoms with Crippen LogP contribution in [0.25, 0.3) is 0 Å². The fourth-order valence-electron chi connectivity index (χ4n) is 2.96. The van der Waals surface area contributed by atoms with Gasteiger partial charge in [-0.05, 0) is 25.5 Å². The zero-order valence-electron chi connectivity index (χ0n) is 12.9.